The van der Waals surface area contributed by atoms with Crippen molar-refractivity contribution in [2.75, 3.05) is 31.6 Å². The Balaban J connectivity index is 1.84. The number of hydrogen-bond acceptors (Lipinski definition) is 4. The summed E-state index contributed by atoms with van der Waals surface area (Å²) in [6, 6.07) is 0. The van der Waals surface area contributed by atoms with E-state index in [2.05, 4.69) is 22.2 Å². The zero-order valence-electron chi connectivity index (χ0n) is 8.57. The molecule has 1 atom stereocenters. The van der Waals surface area contributed by atoms with Crippen LogP contribution in [0.3, 0.4) is 0 Å². The van der Waals surface area contributed by atoms with Gasteiger partial charge in [-0.3, -0.25) is 0 Å². The van der Waals surface area contributed by atoms with Gasteiger partial charge in [0.25, 0.3) is 0 Å². The fourth-order valence-electron chi connectivity index (χ4n) is 1.95. The van der Waals surface area contributed by atoms with Crippen LogP contribution in [0.25, 0.3) is 0 Å². The first-order chi connectivity index (χ1) is 6.86. The van der Waals surface area contributed by atoms with E-state index in [1.54, 1.807) is 11.3 Å². The molecule has 1 fully saturated rings. The maximum atomic E-state index is 4.31. The number of piperidine rings is 1. The molecule has 0 aliphatic carbocycles. The lowest BCUT2D eigenvalue weighted by atomic mass is 9.99. The highest BCUT2D eigenvalue weighted by Crippen LogP contribution is 2.19. The lowest BCUT2D eigenvalue weighted by Gasteiger charge is -2.27. The molecular formula is C10H17N3S. The van der Waals surface area contributed by atoms with Gasteiger partial charge in [-0.25, -0.2) is 4.98 Å². The zero-order valence-corrected chi connectivity index (χ0v) is 9.39. The maximum Gasteiger partial charge on any atom is 0.184 e. The summed E-state index contributed by atoms with van der Waals surface area (Å²) in [6.45, 7) is 3.48. The molecule has 2 heterocycles. The lowest BCUT2D eigenvalue weighted by Crippen LogP contribution is -2.36. The van der Waals surface area contributed by atoms with E-state index in [0.717, 1.165) is 24.1 Å². The predicted octanol–water partition coefficient (Wildman–Crippen LogP) is 1.58. The summed E-state index contributed by atoms with van der Waals surface area (Å²) < 4.78 is 0. The van der Waals surface area contributed by atoms with E-state index < -0.39 is 0 Å². The average Bonchev–Trinajstić information content (AvgIpc) is 2.72. The van der Waals surface area contributed by atoms with Crippen molar-refractivity contribution in [2.24, 2.45) is 5.92 Å². The molecule has 1 aliphatic rings. The summed E-state index contributed by atoms with van der Waals surface area (Å²) in [5, 5.41) is 6.61. The maximum absolute atomic E-state index is 4.31. The van der Waals surface area contributed by atoms with E-state index in [9.17, 15) is 0 Å². The Kier molecular flexibility index (Phi) is 3.37. The Labute approximate surface area is 89.1 Å². The van der Waals surface area contributed by atoms with Gasteiger partial charge in [0.2, 0.25) is 0 Å². The topological polar surface area (TPSA) is 28.2 Å². The minimum Gasteiger partial charge on any atom is -0.351 e. The van der Waals surface area contributed by atoms with Crippen molar-refractivity contribution in [3.63, 3.8) is 0 Å². The normalized spacial score (nSPS) is 22.2. The number of thiazole rings is 1. The molecule has 1 unspecified atom stereocenters. The van der Waals surface area contributed by atoms with E-state index in [1.807, 2.05) is 11.6 Å². The molecule has 3 nitrogen and oxygen atoms in total. The van der Waals surface area contributed by atoms with Gasteiger partial charge in [-0.1, -0.05) is 0 Å². The quantitative estimate of drug-likeness (QED) is 0.823. The van der Waals surface area contributed by atoms with Crippen molar-refractivity contribution < 1.29 is 0 Å². The molecule has 78 valence electrons. The molecule has 1 saturated heterocycles. The predicted molar refractivity (Wildman–Crippen MR) is 61.0 cm³/mol. The third-order valence-electron chi connectivity index (χ3n) is 2.68. The summed E-state index contributed by atoms with van der Waals surface area (Å²) >= 11 is 1.71. The third kappa shape index (κ3) is 2.45. The number of anilines is 1. The standard InChI is InChI=1S/C10H17N3S/c1-13(10-12-5-6-14-10)8-9-3-2-4-11-7-9/h5-6,9,11H,2-4,7-8H2,1H3. The number of nitrogens with zero attached hydrogens (tertiary/aromatic N) is 2. The summed E-state index contributed by atoms with van der Waals surface area (Å²) in [5.41, 5.74) is 0. The molecule has 4 heteroatoms. The molecule has 0 bridgehead atoms. The first-order valence-corrected chi connectivity index (χ1v) is 6.05. The molecule has 1 aromatic heterocycles. The molecule has 1 aromatic rings. The Morgan fingerprint density at radius 3 is 3.29 bits per heavy atom. The highest BCUT2D eigenvalue weighted by molar-refractivity contribution is 7.13. The molecule has 0 amide bonds. The summed E-state index contributed by atoms with van der Waals surface area (Å²) in [7, 11) is 2.13. The fraction of sp³-hybridized carbons (Fsp3) is 0.700. The van der Waals surface area contributed by atoms with Crippen LogP contribution in [0.4, 0.5) is 5.13 Å². The first kappa shape index (κ1) is 9.93. The molecule has 14 heavy (non-hydrogen) atoms. The Hall–Kier alpha value is -0.610. The number of rotatable bonds is 3. The average molecular weight is 211 g/mol. The van der Waals surface area contributed by atoms with Gasteiger partial charge in [-0.15, -0.1) is 11.3 Å². The summed E-state index contributed by atoms with van der Waals surface area (Å²) in [6.07, 6.45) is 4.54. The Bertz CT molecular complexity index is 254. The van der Waals surface area contributed by atoms with Crippen LogP contribution in [0.2, 0.25) is 0 Å². The molecule has 2 rings (SSSR count). The summed E-state index contributed by atoms with van der Waals surface area (Å²) in [4.78, 5) is 6.57. The van der Waals surface area contributed by atoms with Crippen LogP contribution in [0.5, 0.6) is 0 Å². The van der Waals surface area contributed by atoms with Crippen molar-refractivity contribution >= 4 is 16.5 Å². The highest BCUT2D eigenvalue weighted by atomic mass is 32.1. The van der Waals surface area contributed by atoms with E-state index in [-0.39, 0.29) is 0 Å². The second kappa shape index (κ2) is 4.75. The SMILES string of the molecule is CN(CC1CCCNC1)c1nccs1. The molecule has 1 aliphatic heterocycles. The van der Waals surface area contributed by atoms with Crippen LogP contribution in [-0.2, 0) is 0 Å². The number of nitrogens with one attached hydrogen (secondary N) is 1. The number of hydrogen-bond donors (Lipinski definition) is 1. The van der Waals surface area contributed by atoms with Gasteiger partial charge in [0.05, 0.1) is 0 Å². The van der Waals surface area contributed by atoms with Crippen LogP contribution >= 0.6 is 11.3 Å². The van der Waals surface area contributed by atoms with Crippen molar-refractivity contribution in [2.45, 2.75) is 12.8 Å². The van der Waals surface area contributed by atoms with Crippen molar-refractivity contribution in [3.8, 4) is 0 Å². The van der Waals surface area contributed by atoms with Gasteiger partial charge in [0, 0.05) is 25.2 Å². The van der Waals surface area contributed by atoms with Gasteiger partial charge in [-0.2, -0.15) is 0 Å². The van der Waals surface area contributed by atoms with Crippen LogP contribution in [0, 0.1) is 5.92 Å². The zero-order chi connectivity index (χ0) is 9.80. The van der Waals surface area contributed by atoms with Crippen molar-refractivity contribution in [1.29, 1.82) is 0 Å². The highest BCUT2D eigenvalue weighted by Gasteiger charge is 2.15. The van der Waals surface area contributed by atoms with Crippen LogP contribution in [0.15, 0.2) is 11.6 Å². The van der Waals surface area contributed by atoms with Crippen molar-refractivity contribution in [3.05, 3.63) is 11.6 Å². The Morgan fingerprint density at radius 2 is 2.64 bits per heavy atom. The molecule has 1 N–H and O–H groups in total. The number of aromatic nitrogens is 1. The monoisotopic (exact) mass is 211 g/mol. The minimum absolute atomic E-state index is 0.789. The molecular weight excluding hydrogens is 194 g/mol. The van der Waals surface area contributed by atoms with Gasteiger partial charge >= 0.3 is 0 Å². The van der Waals surface area contributed by atoms with E-state index >= 15 is 0 Å². The third-order valence-corrected chi connectivity index (χ3v) is 3.56. The molecule has 0 saturated carbocycles. The molecule has 0 aromatic carbocycles. The van der Waals surface area contributed by atoms with Gasteiger partial charge in [0.15, 0.2) is 5.13 Å². The van der Waals surface area contributed by atoms with E-state index in [1.165, 1.54) is 19.4 Å². The molecule has 0 spiro atoms. The van der Waals surface area contributed by atoms with Gasteiger partial charge < -0.3 is 10.2 Å². The second-order valence-electron chi connectivity index (χ2n) is 3.91. The van der Waals surface area contributed by atoms with Crippen LogP contribution in [0.1, 0.15) is 12.8 Å². The van der Waals surface area contributed by atoms with Crippen molar-refractivity contribution in [1.82, 2.24) is 10.3 Å². The first-order valence-electron chi connectivity index (χ1n) is 5.17. The minimum atomic E-state index is 0.789. The van der Waals surface area contributed by atoms with Crippen LogP contribution in [-0.4, -0.2) is 31.7 Å². The molecule has 0 radical (unpaired) electrons. The summed E-state index contributed by atoms with van der Waals surface area (Å²) in [5.74, 6) is 0.789. The van der Waals surface area contributed by atoms with Gasteiger partial charge in [-0.05, 0) is 31.8 Å². The van der Waals surface area contributed by atoms with E-state index in [4.69, 9.17) is 0 Å². The van der Waals surface area contributed by atoms with Gasteiger partial charge in [0.1, 0.15) is 0 Å². The van der Waals surface area contributed by atoms with E-state index in [0.29, 0.717) is 0 Å². The fourth-order valence-corrected chi connectivity index (χ4v) is 2.57. The van der Waals surface area contributed by atoms with Crippen LogP contribution < -0.4 is 10.2 Å². The Morgan fingerprint density at radius 1 is 1.71 bits per heavy atom. The second-order valence-corrected chi connectivity index (χ2v) is 4.78. The smallest absolute Gasteiger partial charge is 0.184 e. The lowest BCUT2D eigenvalue weighted by molar-refractivity contribution is 0.381. The largest absolute Gasteiger partial charge is 0.351 e.